The molecule has 0 unspecified atom stereocenters. The third-order valence-electron chi connectivity index (χ3n) is 2.81. The lowest BCUT2D eigenvalue weighted by molar-refractivity contribution is -0.306. The summed E-state index contributed by atoms with van der Waals surface area (Å²) in [4.78, 5) is 10.6. The fourth-order valence-corrected chi connectivity index (χ4v) is 2.33. The number of rotatable bonds is 6. The second-order valence-corrected chi connectivity index (χ2v) is 5.92. The predicted octanol–water partition coefficient (Wildman–Crippen LogP) is 0.620. The van der Waals surface area contributed by atoms with Crippen LogP contribution in [-0.2, 0) is 11.3 Å². The number of thiocarbonyl (C=S) groups is 1. The topological polar surface area (TPSA) is 108 Å². The molecule has 1 heterocycles. The SMILES string of the molecule is NC(=S)N/N=C\c1cn(CCC(=O)[O-])nc1-c1cccc(Br)c1. The lowest BCUT2D eigenvalue weighted by Crippen LogP contribution is -2.24. The minimum atomic E-state index is -1.13. The quantitative estimate of drug-likeness (QED) is 0.422. The molecular formula is C14H13BrN5O2S-. The molecular weight excluding hydrogens is 382 g/mol. The highest BCUT2D eigenvalue weighted by Gasteiger charge is 2.10. The third kappa shape index (κ3) is 5.15. The monoisotopic (exact) mass is 394 g/mol. The Bertz CT molecular complexity index is 759. The second kappa shape index (κ2) is 7.84. The molecule has 23 heavy (non-hydrogen) atoms. The highest BCUT2D eigenvalue weighted by molar-refractivity contribution is 9.10. The van der Waals surface area contributed by atoms with Crippen molar-refractivity contribution in [1.82, 2.24) is 15.2 Å². The lowest BCUT2D eigenvalue weighted by atomic mass is 10.1. The van der Waals surface area contributed by atoms with Crippen molar-refractivity contribution >= 4 is 45.4 Å². The Morgan fingerprint density at radius 1 is 1.57 bits per heavy atom. The first kappa shape index (κ1) is 17.1. The molecule has 0 bridgehead atoms. The average Bonchev–Trinajstić information content (AvgIpc) is 2.88. The number of hydrogen-bond acceptors (Lipinski definition) is 5. The van der Waals surface area contributed by atoms with Gasteiger partial charge in [-0.3, -0.25) is 10.1 Å². The number of nitrogens with zero attached hydrogens (tertiary/aromatic N) is 3. The van der Waals surface area contributed by atoms with Crippen molar-refractivity contribution in [2.24, 2.45) is 10.8 Å². The summed E-state index contributed by atoms with van der Waals surface area (Å²) in [7, 11) is 0. The highest BCUT2D eigenvalue weighted by Crippen LogP contribution is 2.24. The van der Waals surface area contributed by atoms with E-state index in [-0.39, 0.29) is 18.1 Å². The van der Waals surface area contributed by atoms with Gasteiger partial charge >= 0.3 is 0 Å². The number of carboxylic acid groups (broad SMARTS) is 1. The van der Waals surface area contributed by atoms with Crippen LogP contribution in [0.4, 0.5) is 0 Å². The maximum absolute atomic E-state index is 10.6. The maximum Gasteiger partial charge on any atom is 0.184 e. The van der Waals surface area contributed by atoms with Gasteiger partial charge in [0, 0.05) is 40.7 Å². The number of aryl methyl sites for hydroxylation is 1. The largest absolute Gasteiger partial charge is 0.550 e. The smallest absolute Gasteiger partial charge is 0.184 e. The van der Waals surface area contributed by atoms with Gasteiger partial charge in [-0.05, 0) is 24.4 Å². The van der Waals surface area contributed by atoms with E-state index in [0.717, 1.165) is 10.0 Å². The molecule has 9 heteroatoms. The van der Waals surface area contributed by atoms with E-state index in [1.807, 2.05) is 24.3 Å². The van der Waals surface area contributed by atoms with Crippen LogP contribution in [0.25, 0.3) is 11.3 Å². The Balaban J connectivity index is 2.34. The molecule has 2 aromatic rings. The zero-order valence-corrected chi connectivity index (χ0v) is 14.3. The van der Waals surface area contributed by atoms with Crippen molar-refractivity contribution in [2.45, 2.75) is 13.0 Å². The van der Waals surface area contributed by atoms with E-state index >= 15 is 0 Å². The van der Waals surface area contributed by atoms with E-state index in [4.69, 9.17) is 5.73 Å². The molecule has 0 fully saturated rings. The van der Waals surface area contributed by atoms with Gasteiger partial charge in [-0.2, -0.15) is 10.2 Å². The first-order chi connectivity index (χ1) is 11.0. The fraction of sp³-hybridized carbons (Fsp3) is 0.143. The molecule has 0 radical (unpaired) electrons. The van der Waals surface area contributed by atoms with E-state index in [0.29, 0.717) is 11.3 Å². The first-order valence-corrected chi connectivity index (χ1v) is 7.77. The number of carboxylic acids is 1. The third-order valence-corrected chi connectivity index (χ3v) is 3.40. The molecule has 0 saturated carbocycles. The number of nitrogens with one attached hydrogen (secondary N) is 1. The van der Waals surface area contributed by atoms with Crippen molar-refractivity contribution in [3.05, 3.63) is 40.5 Å². The van der Waals surface area contributed by atoms with Gasteiger partial charge in [-0.25, -0.2) is 0 Å². The number of hydrazone groups is 1. The van der Waals surface area contributed by atoms with E-state index in [1.165, 1.54) is 10.9 Å². The Morgan fingerprint density at radius 2 is 2.35 bits per heavy atom. The van der Waals surface area contributed by atoms with Gasteiger partial charge < -0.3 is 15.6 Å². The summed E-state index contributed by atoms with van der Waals surface area (Å²) < 4.78 is 2.44. The van der Waals surface area contributed by atoms with E-state index < -0.39 is 5.97 Å². The number of aliphatic carboxylic acids is 1. The van der Waals surface area contributed by atoms with Crippen LogP contribution < -0.4 is 16.3 Å². The molecule has 1 aromatic heterocycles. The number of carbonyl (C=O) groups excluding carboxylic acids is 1. The Morgan fingerprint density at radius 3 is 3.00 bits per heavy atom. The molecule has 0 amide bonds. The molecule has 0 saturated heterocycles. The van der Waals surface area contributed by atoms with E-state index in [1.54, 1.807) is 6.20 Å². The van der Waals surface area contributed by atoms with Crippen LogP contribution in [0.15, 0.2) is 40.0 Å². The lowest BCUT2D eigenvalue weighted by Gasteiger charge is -2.02. The summed E-state index contributed by atoms with van der Waals surface area (Å²) in [6.07, 6.45) is 3.10. The van der Waals surface area contributed by atoms with Gasteiger partial charge in [0.15, 0.2) is 5.11 Å². The van der Waals surface area contributed by atoms with Crippen LogP contribution in [0.5, 0.6) is 0 Å². The molecule has 7 nitrogen and oxygen atoms in total. The van der Waals surface area contributed by atoms with Crippen molar-refractivity contribution in [1.29, 1.82) is 0 Å². The fourth-order valence-electron chi connectivity index (χ4n) is 1.88. The van der Waals surface area contributed by atoms with E-state index in [2.05, 4.69) is 43.8 Å². The molecule has 0 aliphatic rings. The van der Waals surface area contributed by atoms with Crippen molar-refractivity contribution in [3.63, 3.8) is 0 Å². The molecule has 0 aliphatic heterocycles. The first-order valence-electron chi connectivity index (χ1n) is 6.57. The van der Waals surface area contributed by atoms with Crippen LogP contribution in [0.2, 0.25) is 0 Å². The summed E-state index contributed by atoms with van der Waals surface area (Å²) in [5.41, 5.74) is 10.0. The molecule has 120 valence electrons. The number of hydrogen-bond donors (Lipinski definition) is 2. The Labute approximate surface area is 146 Å². The summed E-state index contributed by atoms with van der Waals surface area (Å²) in [6.45, 7) is 0.208. The van der Waals surface area contributed by atoms with Crippen molar-refractivity contribution in [2.75, 3.05) is 0 Å². The van der Waals surface area contributed by atoms with E-state index in [9.17, 15) is 9.90 Å². The Hall–Kier alpha value is -2.26. The molecule has 3 N–H and O–H groups in total. The van der Waals surface area contributed by atoms with Gasteiger partial charge in [-0.15, -0.1) is 0 Å². The number of carbonyl (C=O) groups is 1. The predicted molar refractivity (Wildman–Crippen MR) is 92.5 cm³/mol. The standard InChI is InChI=1S/C14H14BrN5O2S/c15-11-3-1-2-9(6-11)13-10(7-17-18-14(16)23)8-20(19-13)5-4-12(21)22/h1-3,6-8H,4-5H2,(H,21,22)(H3,16,18,23)/p-1/b17-7-. The van der Waals surface area contributed by atoms with Crippen LogP contribution >= 0.6 is 28.1 Å². The number of nitrogens with two attached hydrogens (primary N) is 1. The minimum absolute atomic E-state index is 0.0506. The summed E-state index contributed by atoms with van der Waals surface area (Å²) >= 11 is 8.10. The summed E-state index contributed by atoms with van der Waals surface area (Å²) in [5, 5.41) is 19.0. The van der Waals surface area contributed by atoms with Gasteiger partial charge in [0.2, 0.25) is 0 Å². The van der Waals surface area contributed by atoms with Gasteiger partial charge in [-0.1, -0.05) is 28.1 Å². The second-order valence-electron chi connectivity index (χ2n) is 4.56. The maximum atomic E-state index is 10.6. The number of halogens is 1. The van der Waals surface area contributed by atoms with Crippen molar-refractivity contribution in [3.8, 4) is 11.3 Å². The van der Waals surface area contributed by atoms with Crippen molar-refractivity contribution < 1.29 is 9.90 Å². The molecule has 1 aromatic carbocycles. The van der Waals surface area contributed by atoms with Gasteiger partial charge in [0.1, 0.15) is 5.69 Å². The average molecular weight is 395 g/mol. The van der Waals surface area contributed by atoms with Crippen LogP contribution in [0, 0.1) is 0 Å². The zero-order chi connectivity index (χ0) is 16.8. The summed E-state index contributed by atoms with van der Waals surface area (Å²) in [5.74, 6) is -1.13. The molecule has 0 atom stereocenters. The normalized spacial score (nSPS) is 10.8. The summed E-state index contributed by atoms with van der Waals surface area (Å²) in [6, 6.07) is 7.59. The molecule has 0 aliphatic carbocycles. The van der Waals surface area contributed by atoms with Crippen LogP contribution in [0.3, 0.4) is 0 Å². The van der Waals surface area contributed by atoms with Crippen LogP contribution in [0.1, 0.15) is 12.0 Å². The minimum Gasteiger partial charge on any atom is -0.550 e. The zero-order valence-electron chi connectivity index (χ0n) is 11.9. The number of benzene rings is 1. The van der Waals surface area contributed by atoms with Gasteiger partial charge in [0.05, 0.1) is 6.21 Å². The van der Waals surface area contributed by atoms with Crippen LogP contribution in [-0.4, -0.2) is 27.1 Å². The highest BCUT2D eigenvalue weighted by atomic mass is 79.9. The molecule has 0 spiro atoms. The number of aromatic nitrogens is 2. The Kier molecular flexibility index (Phi) is 5.83. The molecule has 2 rings (SSSR count). The van der Waals surface area contributed by atoms with Gasteiger partial charge in [0.25, 0.3) is 0 Å².